The van der Waals surface area contributed by atoms with Gasteiger partial charge in [0.15, 0.2) is 0 Å². The van der Waals surface area contributed by atoms with Gasteiger partial charge in [-0.15, -0.1) is 11.8 Å². The minimum absolute atomic E-state index is 0.0337. The second kappa shape index (κ2) is 11.9. The van der Waals surface area contributed by atoms with Crippen LogP contribution in [0.3, 0.4) is 0 Å². The van der Waals surface area contributed by atoms with E-state index in [0.29, 0.717) is 24.2 Å². The highest BCUT2D eigenvalue weighted by atomic mass is 32.2. The second-order valence-corrected chi connectivity index (χ2v) is 9.59. The molecule has 1 aromatic carbocycles. The topological polar surface area (TPSA) is 83.9 Å². The van der Waals surface area contributed by atoms with Crippen LogP contribution in [0.4, 0.5) is 17.5 Å². The molecule has 1 fully saturated rings. The van der Waals surface area contributed by atoms with Crippen molar-refractivity contribution in [2.75, 3.05) is 28.8 Å². The highest BCUT2D eigenvalue weighted by molar-refractivity contribution is 7.98. The first-order valence-corrected chi connectivity index (χ1v) is 13.3. The normalized spacial score (nSPS) is 15.0. The Balaban J connectivity index is 1.57. The summed E-state index contributed by atoms with van der Waals surface area (Å²) in [5, 5.41) is 9.77. The van der Waals surface area contributed by atoms with Crippen LogP contribution in [0.25, 0.3) is 5.82 Å². The number of carbonyl (C=O) groups excluding carboxylic acids is 1. The fourth-order valence-electron chi connectivity index (χ4n) is 4.43. The maximum atomic E-state index is 13.4. The fourth-order valence-corrected chi connectivity index (χ4v) is 4.84. The molecule has 2 aromatic heterocycles. The van der Waals surface area contributed by atoms with Gasteiger partial charge in [0.1, 0.15) is 17.7 Å². The number of thioether (sulfide) groups is 1. The van der Waals surface area contributed by atoms with Gasteiger partial charge in [-0.05, 0) is 61.9 Å². The van der Waals surface area contributed by atoms with Gasteiger partial charge in [0, 0.05) is 35.6 Å². The quantitative estimate of drug-likeness (QED) is 0.319. The third-order valence-corrected chi connectivity index (χ3v) is 6.95. The van der Waals surface area contributed by atoms with E-state index in [2.05, 4.69) is 25.9 Å². The van der Waals surface area contributed by atoms with Gasteiger partial charge in [-0.3, -0.25) is 4.79 Å². The van der Waals surface area contributed by atoms with Crippen LogP contribution in [0.5, 0.6) is 0 Å². The van der Waals surface area contributed by atoms with Crippen molar-refractivity contribution in [3.8, 4) is 5.82 Å². The summed E-state index contributed by atoms with van der Waals surface area (Å²) in [6.07, 6.45) is 12.9. The van der Waals surface area contributed by atoms with Gasteiger partial charge in [-0.2, -0.15) is 9.97 Å². The molecular weight excluding hydrogens is 444 g/mol. The number of rotatable bonds is 10. The van der Waals surface area contributed by atoms with Gasteiger partial charge in [-0.25, -0.2) is 0 Å². The van der Waals surface area contributed by atoms with Crippen molar-refractivity contribution in [2.24, 2.45) is 5.92 Å². The lowest BCUT2D eigenvalue weighted by Crippen LogP contribution is -2.37. The molecule has 0 bridgehead atoms. The minimum atomic E-state index is -0.384. The molecule has 1 aliphatic carbocycles. The fraction of sp³-hybridized carbons (Fsp3) is 0.423. The van der Waals surface area contributed by atoms with Crippen molar-refractivity contribution < 1.29 is 4.79 Å². The third-order valence-electron chi connectivity index (χ3n) is 6.21. The molecule has 4 rings (SSSR count). The van der Waals surface area contributed by atoms with Gasteiger partial charge in [0.05, 0.1) is 0 Å². The third kappa shape index (κ3) is 6.53. The number of hydrogen-bond acceptors (Lipinski definition) is 6. The van der Waals surface area contributed by atoms with Crippen LogP contribution in [-0.4, -0.2) is 39.3 Å². The summed E-state index contributed by atoms with van der Waals surface area (Å²) in [7, 11) is 0. The van der Waals surface area contributed by atoms with E-state index in [4.69, 9.17) is 0 Å². The summed E-state index contributed by atoms with van der Waals surface area (Å²) < 4.78 is 1.94. The molecule has 180 valence electrons. The van der Waals surface area contributed by atoms with Crippen molar-refractivity contribution in [3.63, 3.8) is 0 Å². The Kier molecular flexibility index (Phi) is 8.46. The van der Waals surface area contributed by atoms with E-state index in [1.807, 2.05) is 72.6 Å². The van der Waals surface area contributed by atoms with Crippen molar-refractivity contribution in [1.29, 1.82) is 0 Å². The van der Waals surface area contributed by atoms with E-state index in [9.17, 15) is 4.79 Å². The lowest BCUT2D eigenvalue weighted by Gasteiger charge is -2.27. The SMILES string of the molecule is CCNc1nc(N[C@H](CC2CCCCC2)C(=O)Nc2ccc(SC)cc2)cc(-n2cccc2)n1. The van der Waals surface area contributed by atoms with Crippen LogP contribution in [0.1, 0.15) is 45.4 Å². The van der Waals surface area contributed by atoms with Crippen LogP contribution in [0, 0.1) is 5.92 Å². The first kappa shape index (κ1) is 24.1. The Morgan fingerprint density at radius 2 is 1.85 bits per heavy atom. The van der Waals surface area contributed by atoms with Crippen LogP contribution in [0.2, 0.25) is 0 Å². The Labute approximate surface area is 206 Å². The molecule has 8 heteroatoms. The molecule has 1 atom stereocenters. The maximum absolute atomic E-state index is 13.4. The van der Waals surface area contributed by atoms with Crippen molar-refractivity contribution >= 4 is 35.1 Å². The molecule has 3 aromatic rings. The number of benzene rings is 1. The molecule has 0 unspecified atom stereocenters. The van der Waals surface area contributed by atoms with Crippen LogP contribution >= 0.6 is 11.8 Å². The molecule has 1 saturated carbocycles. The average molecular weight is 479 g/mol. The largest absolute Gasteiger partial charge is 0.358 e. The molecular formula is C26H34N6OS. The highest BCUT2D eigenvalue weighted by Gasteiger charge is 2.25. The first-order valence-electron chi connectivity index (χ1n) is 12.1. The van der Waals surface area contributed by atoms with Crippen LogP contribution in [0.15, 0.2) is 59.8 Å². The summed E-state index contributed by atoms with van der Waals surface area (Å²) in [6.45, 7) is 2.73. The molecule has 0 radical (unpaired) electrons. The van der Waals surface area contributed by atoms with Crippen molar-refractivity contribution in [2.45, 2.75) is 56.4 Å². The summed E-state index contributed by atoms with van der Waals surface area (Å²) in [6, 6.07) is 13.4. The summed E-state index contributed by atoms with van der Waals surface area (Å²) in [5.41, 5.74) is 0.808. The summed E-state index contributed by atoms with van der Waals surface area (Å²) in [5.74, 6) is 2.44. The van der Waals surface area contributed by atoms with Crippen molar-refractivity contribution in [3.05, 3.63) is 54.9 Å². The number of nitrogens with zero attached hydrogens (tertiary/aromatic N) is 3. The number of anilines is 3. The van der Waals surface area contributed by atoms with Gasteiger partial charge >= 0.3 is 0 Å². The van der Waals surface area contributed by atoms with Gasteiger partial charge in [0.25, 0.3) is 0 Å². The van der Waals surface area contributed by atoms with E-state index in [1.54, 1.807) is 11.8 Å². The standard InChI is InChI=1S/C26H34N6OS/c1-3-27-26-30-23(18-24(31-26)32-15-7-8-16-32)29-22(17-19-9-5-4-6-10-19)25(33)28-20-11-13-21(34-2)14-12-20/h7-8,11-16,18-19,22H,3-6,9-10,17H2,1-2H3,(H,28,33)(H2,27,29,30,31)/t22-/m1/s1. The number of amides is 1. The van der Waals surface area contributed by atoms with Gasteiger partial charge in [-0.1, -0.05) is 32.1 Å². The smallest absolute Gasteiger partial charge is 0.246 e. The zero-order chi connectivity index (χ0) is 23.8. The molecule has 0 saturated heterocycles. The molecule has 2 heterocycles. The first-order chi connectivity index (χ1) is 16.6. The molecule has 7 nitrogen and oxygen atoms in total. The molecule has 0 aliphatic heterocycles. The van der Waals surface area contributed by atoms with E-state index in [1.165, 1.54) is 37.0 Å². The lowest BCUT2D eigenvalue weighted by molar-refractivity contribution is -0.117. The average Bonchev–Trinajstić information content (AvgIpc) is 3.40. The Morgan fingerprint density at radius 3 is 2.53 bits per heavy atom. The zero-order valence-electron chi connectivity index (χ0n) is 20.0. The predicted octanol–water partition coefficient (Wildman–Crippen LogP) is 5.81. The number of carbonyl (C=O) groups is 1. The van der Waals surface area contributed by atoms with Crippen LogP contribution < -0.4 is 16.0 Å². The van der Waals surface area contributed by atoms with E-state index < -0.39 is 0 Å². The lowest BCUT2D eigenvalue weighted by atomic mass is 9.84. The highest BCUT2D eigenvalue weighted by Crippen LogP contribution is 2.29. The molecule has 3 N–H and O–H groups in total. The minimum Gasteiger partial charge on any atom is -0.358 e. The maximum Gasteiger partial charge on any atom is 0.246 e. The Hall–Kier alpha value is -3.00. The van der Waals surface area contributed by atoms with E-state index in [0.717, 1.165) is 17.9 Å². The van der Waals surface area contributed by atoms with Gasteiger partial charge in [0.2, 0.25) is 11.9 Å². The van der Waals surface area contributed by atoms with E-state index in [-0.39, 0.29) is 11.9 Å². The monoisotopic (exact) mass is 478 g/mol. The Bertz CT molecular complexity index is 1050. The summed E-state index contributed by atoms with van der Waals surface area (Å²) in [4.78, 5) is 23.9. The van der Waals surface area contributed by atoms with Crippen molar-refractivity contribution in [1.82, 2.24) is 14.5 Å². The molecule has 0 spiro atoms. The Morgan fingerprint density at radius 1 is 1.12 bits per heavy atom. The summed E-state index contributed by atoms with van der Waals surface area (Å²) >= 11 is 1.69. The van der Waals surface area contributed by atoms with Gasteiger partial charge < -0.3 is 20.5 Å². The second-order valence-electron chi connectivity index (χ2n) is 8.71. The predicted molar refractivity (Wildman–Crippen MR) is 141 cm³/mol. The molecule has 34 heavy (non-hydrogen) atoms. The molecule has 1 amide bonds. The number of nitrogens with one attached hydrogen (secondary N) is 3. The number of aromatic nitrogens is 3. The number of hydrogen-bond donors (Lipinski definition) is 3. The van der Waals surface area contributed by atoms with E-state index >= 15 is 0 Å². The zero-order valence-corrected chi connectivity index (χ0v) is 20.8. The van der Waals surface area contributed by atoms with Crippen LogP contribution in [-0.2, 0) is 4.79 Å². The molecule has 1 aliphatic rings.